The minimum atomic E-state index is -1.51. The van der Waals surface area contributed by atoms with E-state index in [-0.39, 0.29) is 24.3 Å². The molecule has 104 valence electrons. The van der Waals surface area contributed by atoms with Gasteiger partial charge in [0.15, 0.2) is 6.10 Å². The third-order valence-electron chi connectivity index (χ3n) is 2.26. The van der Waals surface area contributed by atoms with Crippen LogP contribution >= 0.6 is 45.2 Å². The highest BCUT2D eigenvalue weighted by atomic mass is 127. The van der Waals surface area contributed by atoms with Crippen LogP contribution in [0.25, 0.3) is 0 Å². The molecule has 0 aliphatic rings. The molecule has 0 saturated carbocycles. The molecule has 0 aliphatic carbocycles. The predicted molar refractivity (Wildman–Crippen MR) is 84.1 cm³/mol. The number of carbonyl (C=O) groups excluding carboxylic acids is 1. The van der Waals surface area contributed by atoms with E-state index in [4.69, 9.17) is 10.2 Å². The van der Waals surface area contributed by atoms with Crippen molar-refractivity contribution in [2.75, 3.05) is 6.54 Å². The van der Waals surface area contributed by atoms with Crippen LogP contribution in [0.4, 0.5) is 0 Å². The summed E-state index contributed by atoms with van der Waals surface area (Å²) in [5.74, 6) is -1.95. The predicted octanol–water partition coefficient (Wildman–Crippen LogP) is 1.17. The van der Waals surface area contributed by atoms with Crippen molar-refractivity contribution in [3.05, 3.63) is 24.8 Å². The zero-order chi connectivity index (χ0) is 14.6. The van der Waals surface area contributed by atoms with Gasteiger partial charge in [-0.3, -0.25) is 4.79 Å². The van der Waals surface area contributed by atoms with Crippen molar-refractivity contribution >= 4 is 57.1 Å². The Morgan fingerprint density at radius 2 is 1.95 bits per heavy atom. The zero-order valence-corrected chi connectivity index (χ0v) is 13.9. The second-order valence-electron chi connectivity index (χ2n) is 3.68. The van der Waals surface area contributed by atoms with Crippen molar-refractivity contribution in [2.45, 2.75) is 12.5 Å². The number of aliphatic hydroxyl groups is 1. The van der Waals surface area contributed by atoms with Crippen molar-refractivity contribution in [1.29, 1.82) is 0 Å². The van der Waals surface area contributed by atoms with E-state index in [0.29, 0.717) is 3.57 Å². The molecule has 0 aromatic heterocycles. The number of aromatic hydroxyl groups is 1. The number of carboxylic acid groups (broad SMARTS) is 1. The van der Waals surface area contributed by atoms with Gasteiger partial charge >= 0.3 is 5.97 Å². The molecule has 19 heavy (non-hydrogen) atoms. The first-order chi connectivity index (χ1) is 8.82. The number of halogens is 2. The van der Waals surface area contributed by atoms with Gasteiger partial charge < -0.3 is 20.6 Å². The molecule has 6 nitrogen and oxygen atoms in total. The number of rotatable bonds is 5. The minimum Gasteiger partial charge on any atom is -0.506 e. The first-order valence-corrected chi connectivity index (χ1v) is 7.35. The van der Waals surface area contributed by atoms with Gasteiger partial charge in [-0.15, -0.1) is 0 Å². The average molecular weight is 491 g/mol. The molecule has 0 heterocycles. The van der Waals surface area contributed by atoms with Crippen molar-refractivity contribution in [3.8, 4) is 5.75 Å². The Bertz CT molecular complexity index is 506. The van der Waals surface area contributed by atoms with E-state index in [2.05, 4.69) is 5.32 Å². The van der Waals surface area contributed by atoms with Crippen molar-refractivity contribution in [2.24, 2.45) is 0 Å². The number of phenolic OH excluding ortho intramolecular Hbond substituents is 1. The number of aliphatic hydroxyl groups excluding tert-OH is 1. The SMILES string of the molecule is O=C(NCC[C@H](O)C(=O)O)c1cc(I)cc(I)c1O. The summed E-state index contributed by atoms with van der Waals surface area (Å²) in [5, 5.41) is 29.8. The molecule has 0 spiro atoms. The molecule has 1 atom stereocenters. The highest BCUT2D eigenvalue weighted by molar-refractivity contribution is 14.1. The second-order valence-corrected chi connectivity index (χ2v) is 6.09. The van der Waals surface area contributed by atoms with Crippen LogP contribution < -0.4 is 5.32 Å². The number of aliphatic carboxylic acids is 1. The Morgan fingerprint density at radius 1 is 1.32 bits per heavy atom. The highest BCUT2D eigenvalue weighted by Crippen LogP contribution is 2.26. The van der Waals surface area contributed by atoms with Crippen LogP contribution in [0.15, 0.2) is 12.1 Å². The summed E-state index contributed by atoms with van der Waals surface area (Å²) < 4.78 is 1.36. The lowest BCUT2D eigenvalue weighted by Gasteiger charge is -2.09. The summed E-state index contributed by atoms with van der Waals surface area (Å²) in [4.78, 5) is 22.2. The van der Waals surface area contributed by atoms with Gasteiger partial charge in [-0.1, -0.05) is 0 Å². The van der Waals surface area contributed by atoms with Gasteiger partial charge in [-0.05, 0) is 57.3 Å². The van der Waals surface area contributed by atoms with Crippen LogP contribution in [0.5, 0.6) is 5.75 Å². The number of hydrogen-bond donors (Lipinski definition) is 4. The maximum absolute atomic E-state index is 11.8. The third-order valence-corrected chi connectivity index (χ3v) is 3.71. The standard InChI is InChI=1S/C11H11I2NO5/c12-5-3-6(9(16)7(13)4-5)10(17)14-2-1-8(15)11(18)19/h3-4,8,15-16H,1-2H2,(H,14,17)(H,18,19)/t8-/m0/s1. The largest absolute Gasteiger partial charge is 0.506 e. The fourth-order valence-corrected chi connectivity index (χ4v) is 3.12. The minimum absolute atomic E-state index is 0.00773. The van der Waals surface area contributed by atoms with Crippen LogP contribution in [0.1, 0.15) is 16.8 Å². The number of nitrogens with one attached hydrogen (secondary N) is 1. The third kappa shape index (κ3) is 4.76. The lowest BCUT2D eigenvalue weighted by Crippen LogP contribution is -2.30. The second kappa shape index (κ2) is 7.24. The van der Waals surface area contributed by atoms with E-state index in [9.17, 15) is 14.7 Å². The van der Waals surface area contributed by atoms with Gasteiger partial charge in [0.1, 0.15) is 5.75 Å². The van der Waals surface area contributed by atoms with Crippen LogP contribution in [0.2, 0.25) is 0 Å². The van der Waals surface area contributed by atoms with Gasteiger partial charge in [-0.2, -0.15) is 0 Å². The first kappa shape index (κ1) is 16.4. The van der Waals surface area contributed by atoms with E-state index < -0.39 is 18.0 Å². The molecule has 8 heteroatoms. The molecule has 0 saturated heterocycles. The van der Waals surface area contributed by atoms with Gasteiger partial charge in [0, 0.05) is 16.5 Å². The van der Waals surface area contributed by atoms with Gasteiger partial charge in [0.05, 0.1) is 9.13 Å². The van der Waals surface area contributed by atoms with Crippen molar-refractivity contribution in [3.63, 3.8) is 0 Å². The molecule has 1 aromatic carbocycles. The monoisotopic (exact) mass is 491 g/mol. The van der Waals surface area contributed by atoms with Crippen LogP contribution in [-0.2, 0) is 4.79 Å². The van der Waals surface area contributed by atoms with E-state index in [1.165, 1.54) is 6.07 Å². The molecular weight excluding hydrogens is 480 g/mol. The summed E-state index contributed by atoms with van der Waals surface area (Å²) in [5.41, 5.74) is 0.126. The van der Waals surface area contributed by atoms with E-state index in [0.717, 1.165) is 3.57 Å². The fourth-order valence-electron chi connectivity index (χ4n) is 1.28. The Morgan fingerprint density at radius 3 is 2.53 bits per heavy atom. The van der Waals surface area contributed by atoms with Crippen LogP contribution in [0, 0.1) is 7.14 Å². The molecule has 0 radical (unpaired) electrons. The fraction of sp³-hybridized carbons (Fsp3) is 0.273. The summed E-state index contributed by atoms with van der Waals surface area (Å²) in [6, 6.07) is 3.25. The van der Waals surface area contributed by atoms with E-state index >= 15 is 0 Å². The summed E-state index contributed by atoms with van der Waals surface area (Å²) >= 11 is 3.94. The number of benzene rings is 1. The number of carboxylic acids is 1. The molecule has 0 aliphatic heterocycles. The van der Waals surface area contributed by atoms with Crippen LogP contribution in [0.3, 0.4) is 0 Å². The normalized spacial score (nSPS) is 11.9. The van der Waals surface area contributed by atoms with Crippen molar-refractivity contribution in [1.82, 2.24) is 5.32 Å². The summed E-state index contributed by atoms with van der Waals surface area (Å²) in [6.07, 6.45) is -1.60. The highest BCUT2D eigenvalue weighted by Gasteiger charge is 2.16. The lowest BCUT2D eigenvalue weighted by atomic mass is 10.2. The number of phenols is 1. The molecule has 4 N–H and O–H groups in total. The van der Waals surface area contributed by atoms with Crippen molar-refractivity contribution < 1.29 is 24.9 Å². The van der Waals surface area contributed by atoms with Gasteiger partial charge in [0.2, 0.25) is 0 Å². The maximum Gasteiger partial charge on any atom is 0.332 e. The summed E-state index contributed by atoms with van der Waals surface area (Å²) in [6.45, 7) is 0.00773. The molecular formula is C11H11I2NO5. The molecule has 1 rings (SSSR count). The average Bonchev–Trinajstić information content (AvgIpc) is 2.33. The van der Waals surface area contributed by atoms with Crippen LogP contribution in [-0.4, -0.2) is 39.8 Å². The molecule has 1 aromatic rings. The summed E-state index contributed by atoms with van der Waals surface area (Å²) in [7, 11) is 0. The lowest BCUT2D eigenvalue weighted by molar-refractivity contribution is -0.146. The number of amides is 1. The molecule has 0 fully saturated rings. The topological polar surface area (TPSA) is 107 Å². The van der Waals surface area contributed by atoms with E-state index in [1.807, 2.05) is 45.2 Å². The maximum atomic E-state index is 11.8. The quantitative estimate of drug-likeness (QED) is 0.463. The first-order valence-electron chi connectivity index (χ1n) is 5.20. The Balaban J connectivity index is 2.67. The Hall–Kier alpha value is -0.620. The zero-order valence-electron chi connectivity index (χ0n) is 9.56. The Labute approximate surface area is 136 Å². The molecule has 0 unspecified atom stereocenters. The van der Waals surface area contributed by atoms with Gasteiger partial charge in [-0.25, -0.2) is 4.79 Å². The Kier molecular flexibility index (Phi) is 6.26. The molecule has 0 bridgehead atoms. The smallest absolute Gasteiger partial charge is 0.332 e. The molecule has 1 amide bonds. The van der Waals surface area contributed by atoms with Gasteiger partial charge in [0.25, 0.3) is 5.91 Å². The number of hydrogen-bond acceptors (Lipinski definition) is 4. The number of carbonyl (C=O) groups is 2. The van der Waals surface area contributed by atoms with E-state index in [1.54, 1.807) is 6.07 Å².